The van der Waals surface area contributed by atoms with E-state index in [0.29, 0.717) is 22.4 Å². The number of ether oxygens (including phenoxy) is 1. The zero-order chi connectivity index (χ0) is 12.3. The molecule has 1 aromatic heterocycles. The van der Waals surface area contributed by atoms with Crippen molar-refractivity contribution in [3.05, 3.63) is 21.3 Å². The van der Waals surface area contributed by atoms with E-state index in [1.54, 1.807) is 12.1 Å². The van der Waals surface area contributed by atoms with E-state index < -0.39 is 0 Å². The van der Waals surface area contributed by atoms with Crippen molar-refractivity contribution in [2.75, 3.05) is 18.5 Å². The van der Waals surface area contributed by atoms with E-state index in [2.05, 4.69) is 21.2 Å². The van der Waals surface area contributed by atoms with Crippen molar-refractivity contribution in [2.24, 2.45) is 0 Å². The summed E-state index contributed by atoms with van der Waals surface area (Å²) < 4.78 is 5.96. The topological polar surface area (TPSA) is 38.3 Å². The van der Waals surface area contributed by atoms with Gasteiger partial charge in [-0.2, -0.15) is 0 Å². The van der Waals surface area contributed by atoms with Gasteiger partial charge in [0.1, 0.15) is 0 Å². The maximum atomic E-state index is 12.1. The Morgan fingerprint density at radius 1 is 1.53 bits per heavy atom. The van der Waals surface area contributed by atoms with Gasteiger partial charge < -0.3 is 10.1 Å². The molecule has 2 rings (SSSR count). The van der Waals surface area contributed by atoms with Gasteiger partial charge in [0.25, 0.3) is 5.91 Å². The Balaban J connectivity index is 2.05. The maximum Gasteiger partial charge on any atom is 0.261 e. The van der Waals surface area contributed by atoms with Crippen LogP contribution in [0.4, 0.5) is 0 Å². The summed E-state index contributed by atoms with van der Waals surface area (Å²) in [7, 11) is 0. The average molecular weight is 339 g/mol. The molecule has 2 heterocycles. The fourth-order valence-electron chi connectivity index (χ4n) is 1.79. The monoisotopic (exact) mass is 337 g/mol. The van der Waals surface area contributed by atoms with Gasteiger partial charge >= 0.3 is 0 Å². The normalized spacial score (nSPS) is 18.9. The molecule has 1 N–H and O–H groups in total. The first-order valence-corrected chi connectivity index (χ1v) is 7.68. The molecule has 0 spiro atoms. The number of halogens is 2. The Morgan fingerprint density at radius 2 is 2.24 bits per heavy atom. The van der Waals surface area contributed by atoms with Gasteiger partial charge in [0, 0.05) is 18.5 Å². The van der Waals surface area contributed by atoms with Gasteiger partial charge in [-0.1, -0.05) is 27.5 Å². The molecule has 1 aliphatic rings. The number of thiophene rings is 1. The molecule has 1 aliphatic heterocycles. The second-order valence-corrected chi connectivity index (χ2v) is 6.36. The van der Waals surface area contributed by atoms with Crippen LogP contribution in [0.2, 0.25) is 4.34 Å². The highest BCUT2D eigenvalue weighted by atomic mass is 79.9. The Hall–Kier alpha value is -0.100. The number of hydrogen-bond donors (Lipinski definition) is 1. The van der Waals surface area contributed by atoms with Gasteiger partial charge in [0.2, 0.25) is 0 Å². The highest BCUT2D eigenvalue weighted by molar-refractivity contribution is 9.09. The van der Waals surface area contributed by atoms with Crippen molar-refractivity contribution in [2.45, 2.75) is 18.4 Å². The van der Waals surface area contributed by atoms with Crippen LogP contribution in [-0.2, 0) is 4.74 Å². The van der Waals surface area contributed by atoms with E-state index in [0.717, 1.165) is 18.2 Å². The Kier molecular flexibility index (Phi) is 4.47. The van der Waals surface area contributed by atoms with Crippen molar-refractivity contribution in [3.8, 4) is 0 Å². The number of amides is 1. The lowest BCUT2D eigenvalue weighted by Crippen LogP contribution is -2.53. The lowest BCUT2D eigenvalue weighted by molar-refractivity contribution is 0.0443. The zero-order valence-electron chi connectivity index (χ0n) is 9.17. The maximum absolute atomic E-state index is 12.1. The minimum Gasteiger partial charge on any atom is -0.381 e. The third kappa shape index (κ3) is 3.22. The number of rotatable bonds is 3. The molecule has 0 radical (unpaired) electrons. The zero-order valence-corrected chi connectivity index (χ0v) is 12.3. The fraction of sp³-hybridized carbons (Fsp3) is 0.545. The molecule has 17 heavy (non-hydrogen) atoms. The van der Waals surface area contributed by atoms with Gasteiger partial charge in [0.05, 0.1) is 14.8 Å². The molecule has 1 aromatic rings. The Bertz CT molecular complexity index is 404. The molecule has 0 bridgehead atoms. The van der Waals surface area contributed by atoms with Gasteiger partial charge in [-0.05, 0) is 25.0 Å². The standard InChI is InChI=1S/C11H13BrClNO2S/c12-7-11(3-5-16-6-4-11)14-10(15)8-1-2-9(13)17-8/h1-2H,3-7H2,(H,14,15). The fourth-order valence-corrected chi connectivity index (χ4v) is 3.43. The van der Waals surface area contributed by atoms with E-state index >= 15 is 0 Å². The molecule has 3 nitrogen and oxygen atoms in total. The van der Waals surface area contributed by atoms with Crippen LogP contribution in [-0.4, -0.2) is 30.0 Å². The van der Waals surface area contributed by atoms with Crippen molar-refractivity contribution >= 4 is 44.8 Å². The van der Waals surface area contributed by atoms with Gasteiger partial charge in [-0.25, -0.2) is 0 Å². The summed E-state index contributed by atoms with van der Waals surface area (Å²) in [6.45, 7) is 1.38. The molecular formula is C11H13BrClNO2S. The van der Waals surface area contributed by atoms with E-state index in [1.165, 1.54) is 11.3 Å². The first kappa shape index (κ1) is 13.3. The van der Waals surface area contributed by atoms with Crippen LogP contribution in [0.5, 0.6) is 0 Å². The summed E-state index contributed by atoms with van der Waals surface area (Å²) >= 11 is 10.6. The molecular weight excluding hydrogens is 326 g/mol. The van der Waals surface area contributed by atoms with Crippen LogP contribution in [0, 0.1) is 0 Å². The SMILES string of the molecule is O=C(NC1(CBr)CCOCC1)c1ccc(Cl)s1. The summed E-state index contributed by atoms with van der Waals surface area (Å²) in [5, 5.41) is 3.84. The lowest BCUT2D eigenvalue weighted by atomic mass is 9.92. The average Bonchev–Trinajstić information content (AvgIpc) is 2.77. The van der Waals surface area contributed by atoms with Crippen molar-refractivity contribution < 1.29 is 9.53 Å². The number of nitrogens with one attached hydrogen (secondary N) is 1. The van der Waals surface area contributed by atoms with E-state index in [1.807, 2.05) is 0 Å². The highest BCUT2D eigenvalue weighted by Gasteiger charge is 2.33. The summed E-state index contributed by atoms with van der Waals surface area (Å²) in [5.41, 5.74) is -0.189. The molecule has 0 aromatic carbocycles. The van der Waals surface area contributed by atoms with Gasteiger partial charge in [-0.15, -0.1) is 11.3 Å². The lowest BCUT2D eigenvalue weighted by Gasteiger charge is -2.36. The van der Waals surface area contributed by atoms with Crippen LogP contribution in [0.15, 0.2) is 12.1 Å². The largest absolute Gasteiger partial charge is 0.381 e. The minimum absolute atomic E-state index is 0.0525. The van der Waals surface area contributed by atoms with Crippen molar-refractivity contribution in [1.29, 1.82) is 0 Å². The van der Waals surface area contributed by atoms with Gasteiger partial charge in [0.15, 0.2) is 0 Å². The van der Waals surface area contributed by atoms with Crippen molar-refractivity contribution in [1.82, 2.24) is 5.32 Å². The van der Waals surface area contributed by atoms with Crippen LogP contribution in [0.3, 0.4) is 0 Å². The number of hydrogen-bond acceptors (Lipinski definition) is 3. The second-order valence-electron chi connectivity index (χ2n) is 4.08. The first-order valence-electron chi connectivity index (χ1n) is 5.37. The summed E-state index contributed by atoms with van der Waals surface area (Å²) in [6.07, 6.45) is 1.67. The van der Waals surface area contributed by atoms with E-state index in [-0.39, 0.29) is 11.4 Å². The Morgan fingerprint density at radius 3 is 2.76 bits per heavy atom. The predicted molar refractivity (Wildman–Crippen MR) is 73.4 cm³/mol. The van der Waals surface area contributed by atoms with Crippen LogP contribution in [0.25, 0.3) is 0 Å². The van der Waals surface area contributed by atoms with Crippen LogP contribution in [0.1, 0.15) is 22.5 Å². The highest BCUT2D eigenvalue weighted by Crippen LogP contribution is 2.26. The van der Waals surface area contributed by atoms with Gasteiger partial charge in [-0.3, -0.25) is 4.79 Å². The summed E-state index contributed by atoms with van der Waals surface area (Å²) in [5.74, 6) is -0.0525. The smallest absolute Gasteiger partial charge is 0.261 e. The molecule has 6 heteroatoms. The van der Waals surface area contributed by atoms with E-state index in [9.17, 15) is 4.79 Å². The third-order valence-electron chi connectivity index (χ3n) is 2.88. The quantitative estimate of drug-likeness (QED) is 0.860. The Labute approximate surface area is 118 Å². The predicted octanol–water partition coefficient (Wildman–Crippen LogP) is 3.08. The summed E-state index contributed by atoms with van der Waals surface area (Å²) in [4.78, 5) is 12.7. The van der Waals surface area contributed by atoms with Crippen LogP contribution < -0.4 is 5.32 Å². The number of alkyl halides is 1. The first-order chi connectivity index (χ1) is 8.15. The van der Waals surface area contributed by atoms with Crippen LogP contribution >= 0.6 is 38.9 Å². The molecule has 0 saturated carbocycles. The molecule has 1 fully saturated rings. The van der Waals surface area contributed by atoms with E-state index in [4.69, 9.17) is 16.3 Å². The molecule has 1 amide bonds. The summed E-state index contributed by atoms with van der Waals surface area (Å²) in [6, 6.07) is 3.50. The molecule has 94 valence electrons. The second kappa shape index (κ2) is 5.69. The number of carbonyl (C=O) groups excluding carboxylic acids is 1. The molecule has 0 atom stereocenters. The number of carbonyl (C=O) groups is 1. The molecule has 0 unspecified atom stereocenters. The molecule has 1 saturated heterocycles. The molecule has 0 aliphatic carbocycles. The minimum atomic E-state index is -0.189. The van der Waals surface area contributed by atoms with Crippen molar-refractivity contribution in [3.63, 3.8) is 0 Å². The third-order valence-corrected chi connectivity index (χ3v) is 5.18.